The first kappa shape index (κ1) is 8.69. The molecule has 1 unspecified atom stereocenters. The van der Waals surface area contributed by atoms with Crippen LogP contribution in [0.25, 0.3) is 0 Å². The normalized spacial score (nSPS) is 30.6. The van der Waals surface area contributed by atoms with Gasteiger partial charge in [0.25, 0.3) is 0 Å². The van der Waals surface area contributed by atoms with E-state index in [2.05, 4.69) is 5.32 Å². The Morgan fingerprint density at radius 1 is 1.38 bits per heavy atom. The van der Waals surface area contributed by atoms with Gasteiger partial charge in [-0.2, -0.15) is 0 Å². The van der Waals surface area contributed by atoms with E-state index in [4.69, 9.17) is 0 Å². The number of nitrogens with zero attached hydrogens (tertiary/aromatic N) is 1. The highest BCUT2D eigenvalue weighted by Crippen LogP contribution is 2.20. The highest BCUT2D eigenvalue weighted by atomic mass is 16.2. The second-order valence-corrected chi connectivity index (χ2v) is 3.69. The summed E-state index contributed by atoms with van der Waals surface area (Å²) in [5, 5.41) is 2.76. The summed E-state index contributed by atoms with van der Waals surface area (Å²) < 4.78 is 0. The molecule has 2 fully saturated rings. The van der Waals surface area contributed by atoms with Gasteiger partial charge in [0, 0.05) is 19.5 Å². The zero-order valence-corrected chi connectivity index (χ0v) is 7.58. The number of piperazine rings is 1. The summed E-state index contributed by atoms with van der Waals surface area (Å²) >= 11 is 0. The Morgan fingerprint density at radius 3 is 2.85 bits per heavy atom. The minimum atomic E-state index is 0.0334. The molecule has 2 aliphatic rings. The second kappa shape index (κ2) is 3.46. The summed E-state index contributed by atoms with van der Waals surface area (Å²) in [6, 6.07) is 0.0334. The molecule has 0 spiro atoms. The van der Waals surface area contributed by atoms with Gasteiger partial charge < -0.3 is 5.32 Å². The maximum Gasteiger partial charge on any atom is 0.234 e. The second-order valence-electron chi connectivity index (χ2n) is 3.69. The van der Waals surface area contributed by atoms with E-state index in [0.717, 1.165) is 19.4 Å². The molecular weight excluding hydrogens is 168 g/mol. The molecule has 4 heteroatoms. The van der Waals surface area contributed by atoms with E-state index >= 15 is 0 Å². The Labute approximate surface area is 77.3 Å². The van der Waals surface area contributed by atoms with Crippen molar-refractivity contribution in [3.8, 4) is 0 Å². The highest BCUT2D eigenvalue weighted by molar-refractivity contribution is 5.87. The maximum atomic E-state index is 11.4. The molecule has 0 bridgehead atoms. The van der Waals surface area contributed by atoms with E-state index in [9.17, 15) is 9.59 Å². The average Bonchev–Trinajstić information content (AvgIpc) is 2.51. The minimum absolute atomic E-state index is 0.0334. The van der Waals surface area contributed by atoms with Crippen LogP contribution in [0.5, 0.6) is 0 Å². The predicted molar refractivity (Wildman–Crippen MR) is 47.2 cm³/mol. The maximum absolute atomic E-state index is 11.4. The summed E-state index contributed by atoms with van der Waals surface area (Å²) in [6.45, 7) is 1.90. The van der Waals surface area contributed by atoms with E-state index in [1.165, 1.54) is 0 Å². The lowest BCUT2D eigenvalue weighted by Crippen LogP contribution is -2.52. The van der Waals surface area contributed by atoms with Crippen LogP contribution in [-0.2, 0) is 9.59 Å². The van der Waals surface area contributed by atoms with Crippen molar-refractivity contribution in [2.24, 2.45) is 0 Å². The van der Waals surface area contributed by atoms with Gasteiger partial charge in [0.2, 0.25) is 5.91 Å². The van der Waals surface area contributed by atoms with Crippen molar-refractivity contribution in [1.29, 1.82) is 0 Å². The first-order valence-electron chi connectivity index (χ1n) is 4.81. The van der Waals surface area contributed by atoms with Crippen molar-refractivity contribution in [3.05, 3.63) is 0 Å². The summed E-state index contributed by atoms with van der Waals surface area (Å²) in [5.41, 5.74) is 0. The van der Waals surface area contributed by atoms with Gasteiger partial charge in [0.05, 0.1) is 12.6 Å². The lowest BCUT2D eigenvalue weighted by Gasteiger charge is -2.30. The Bertz CT molecular complexity index is 240. The van der Waals surface area contributed by atoms with Gasteiger partial charge in [0.1, 0.15) is 5.78 Å². The van der Waals surface area contributed by atoms with E-state index < -0.39 is 0 Å². The third-order valence-electron chi connectivity index (χ3n) is 2.78. The topological polar surface area (TPSA) is 49.4 Å². The summed E-state index contributed by atoms with van der Waals surface area (Å²) in [4.78, 5) is 24.5. The summed E-state index contributed by atoms with van der Waals surface area (Å²) in [5.74, 6) is 0.362. The van der Waals surface area contributed by atoms with Gasteiger partial charge in [-0.3, -0.25) is 14.5 Å². The van der Waals surface area contributed by atoms with Crippen LogP contribution in [0.4, 0.5) is 0 Å². The Morgan fingerprint density at radius 2 is 2.23 bits per heavy atom. The van der Waals surface area contributed by atoms with Gasteiger partial charge in [-0.25, -0.2) is 0 Å². The quantitative estimate of drug-likeness (QED) is 0.597. The molecule has 1 aliphatic heterocycles. The van der Waals surface area contributed by atoms with Crippen LogP contribution in [0.2, 0.25) is 0 Å². The first-order chi connectivity index (χ1) is 6.27. The van der Waals surface area contributed by atoms with Crippen LogP contribution in [-0.4, -0.2) is 42.3 Å². The molecule has 1 aliphatic carbocycles. The average molecular weight is 182 g/mol. The molecule has 0 aromatic carbocycles. The smallest absolute Gasteiger partial charge is 0.234 e. The monoisotopic (exact) mass is 182 g/mol. The van der Waals surface area contributed by atoms with Crippen molar-refractivity contribution in [3.63, 3.8) is 0 Å². The fourth-order valence-corrected chi connectivity index (χ4v) is 2.11. The van der Waals surface area contributed by atoms with Crippen LogP contribution in [0, 0.1) is 0 Å². The first-order valence-corrected chi connectivity index (χ1v) is 4.81. The van der Waals surface area contributed by atoms with E-state index in [1.807, 2.05) is 4.90 Å². The van der Waals surface area contributed by atoms with Crippen LogP contribution in [0.1, 0.15) is 19.3 Å². The largest absolute Gasteiger partial charge is 0.354 e. The molecule has 0 aromatic rings. The van der Waals surface area contributed by atoms with Crippen LogP contribution in [0.15, 0.2) is 0 Å². The Balaban J connectivity index is 1.99. The minimum Gasteiger partial charge on any atom is -0.354 e. The number of hydrogen-bond donors (Lipinski definition) is 1. The molecule has 1 heterocycles. The number of amides is 1. The predicted octanol–water partition coefficient (Wildman–Crippen LogP) is -0.460. The van der Waals surface area contributed by atoms with Gasteiger partial charge in [0.15, 0.2) is 0 Å². The van der Waals surface area contributed by atoms with Gasteiger partial charge in [-0.05, 0) is 12.8 Å². The Kier molecular flexibility index (Phi) is 2.31. The molecule has 1 N–H and O–H groups in total. The number of Topliss-reactive ketones (excluding diaryl/α,β-unsaturated/α-hetero) is 1. The van der Waals surface area contributed by atoms with Gasteiger partial charge in [-0.15, -0.1) is 0 Å². The highest BCUT2D eigenvalue weighted by Gasteiger charge is 2.32. The molecule has 1 saturated carbocycles. The molecule has 0 aromatic heterocycles. The molecule has 0 radical (unpaired) electrons. The van der Waals surface area contributed by atoms with E-state index in [1.54, 1.807) is 0 Å². The third-order valence-corrected chi connectivity index (χ3v) is 2.78. The molecule has 2 rings (SSSR count). The lowest BCUT2D eigenvalue weighted by atomic mass is 10.2. The molecule has 13 heavy (non-hydrogen) atoms. The van der Waals surface area contributed by atoms with Crippen molar-refractivity contribution in [2.75, 3.05) is 19.6 Å². The molecule has 4 nitrogen and oxygen atoms in total. The van der Waals surface area contributed by atoms with Crippen LogP contribution in [0.3, 0.4) is 0 Å². The van der Waals surface area contributed by atoms with E-state index in [-0.39, 0.29) is 11.9 Å². The zero-order valence-electron chi connectivity index (χ0n) is 7.58. The van der Waals surface area contributed by atoms with Gasteiger partial charge >= 0.3 is 0 Å². The number of rotatable bonds is 1. The van der Waals surface area contributed by atoms with Gasteiger partial charge in [-0.1, -0.05) is 0 Å². The van der Waals surface area contributed by atoms with Crippen molar-refractivity contribution in [1.82, 2.24) is 10.2 Å². The number of nitrogens with one attached hydrogen (secondary N) is 1. The van der Waals surface area contributed by atoms with E-state index in [0.29, 0.717) is 25.3 Å². The summed E-state index contributed by atoms with van der Waals surface area (Å²) in [6.07, 6.45) is 2.62. The molecular formula is C9H14N2O2. The number of carbonyl (C=O) groups is 2. The summed E-state index contributed by atoms with van der Waals surface area (Å²) in [7, 11) is 0. The lowest BCUT2D eigenvalue weighted by molar-refractivity contribution is -0.128. The SMILES string of the molecule is O=C1CN(C2CCCC2=O)CCN1. The van der Waals surface area contributed by atoms with Crippen molar-refractivity contribution < 1.29 is 9.59 Å². The third kappa shape index (κ3) is 1.72. The fraction of sp³-hybridized carbons (Fsp3) is 0.778. The van der Waals surface area contributed by atoms with Crippen molar-refractivity contribution in [2.45, 2.75) is 25.3 Å². The number of carbonyl (C=O) groups excluding carboxylic acids is 2. The Hall–Kier alpha value is -0.900. The standard InChI is InChI=1S/C9H14N2O2/c12-8-3-1-2-7(8)11-5-4-10-9(13)6-11/h7H,1-6H2,(H,10,13). The fourth-order valence-electron chi connectivity index (χ4n) is 2.11. The molecule has 1 amide bonds. The van der Waals surface area contributed by atoms with Crippen LogP contribution >= 0.6 is 0 Å². The van der Waals surface area contributed by atoms with Crippen molar-refractivity contribution >= 4 is 11.7 Å². The number of ketones is 1. The molecule has 1 saturated heterocycles. The molecule has 1 atom stereocenters. The van der Waals surface area contributed by atoms with Crippen LogP contribution < -0.4 is 5.32 Å². The zero-order chi connectivity index (χ0) is 9.26. The number of hydrogen-bond acceptors (Lipinski definition) is 3. The molecule has 72 valence electrons.